The van der Waals surface area contributed by atoms with E-state index in [-0.39, 0.29) is 16.5 Å². The maximum Gasteiger partial charge on any atom is 0.338 e. The number of sulfonamides is 1. The predicted molar refractivity (Wildman–Crippen MR) is 129 cm³/mol. The van der Waals surface area contributed by atoms with Crippen molar-refractivity contribution >= 4 is 33.4 Å². The van der Waals surface area contributed by atoms with Gasteiger partial charge in [0, 0.05) is 12.1 Å². The molecule has 9 nitrogen and oxygen atoms in total. The first-order valence-electron chi connectivity index (χ1n) is 10.7. The molecule has 0 aliphatic heterocycles. The van der Waals surface area contributed by atoms with Crippen LogP contribution in [-0.2, 0) is 19.6 Å². The summed E-state index contributed by atoms with van der Waals surface area (Å²) in [7, 11) is -3.85. The number of rotatable bonds is 8. The highest BCUT2D eigenvalue weighted by Gasteiger charge is 2.22. The largest absolute Gasteiger partial charge is 0.449 e. The van der Waals surface area contributed by atoms with Gasteiger partial charge >= 0.3 is 5.97 Å². The van der Waals surface area contributed by atoms with Crippen molar-refractivity contribution in [3.8, 4) is 0 Å². The van der Waals surface area contributed by atoms with E-state index in [9.17, 15) is 18.0 Å². The molecule has 0 radical (unpaired) electrons. The Kier molecular flexibility index (Phi) is 7.41. The van der Waals surface area contributed by atoms with Crippen molar-refractivity contribution in [3.63, 3.8) is 0 Å². The van der Waals surface area contributed by atoms with E-state index in [1.807, 2.05) is 33.8 Å². The van der Waals surface area contributed by atoms with E-state index in [1.54, 1.807) is 29.1 Å². The van der Waals surface area contributed by atoms with Crippen molar-refractivity contribution in [1.29, 1.82) is 0 Å². The zero-order chi connectivity index (χ0) is 25.0. The van der Waals surface area contributed by atoms with Crippen molar-refractivity contribution in [2.45, 2.75) is 51.7 Å². The molecule has 1 atom stereocenters. The van der Waals surface area contributed by atoms with E-state index in [2.05, 4.69) is 15.1 Å². The molecule has 34 heavy (non-hydrogen) atoms. The second-order valence-corrected chi connectivity index (χ2v) is 9.85. The number of nitrogens with one attached hydrogen (secondary N) is 2. The number of ether oxygens (including phenoxy) is 1. The maximum absolute atomic E-state index is 12.8. The van der Waals surface area contributed by atoms with E-state index in [1.165, 1.54) is 31.2 Å². The number of carbonyl (C=O) groups excluding carboxylic acids is 2. The Labute approximate surface area is 199 Å². The van der Waals surface area contributed by atoms with Gasteiger partial charge in [0.2, 0.25) is 0 Å². The van der Waals surface area contributed by atoms with Crippen LogP contribution >= 0.6 is 0 Å². The highest BCUT2D eigenvalue weighted by molar-refractivity contribution is 7.92. The zero-order valence-electron chi connectivity index (χ0n) is 19.7. The van der Waals surface area contributed by atoms with Gasteiger partial charge in [-0.3, -0.25) is 9.52 Å². The first-order valence-corrected chi connectivity index (χ1v) is 12.2. The molecule has 0 saturated carbocycles. The SMILES string of the molecule is Cc1cccc(NS(=O)(=O)c2ccc(C(=O)OC(C)C(=O)Nc3ccnn3C(C)C)cc2)c1C. The van der Waals surface area contributed by atoms with Crippen LogP contribution in [0.15, 0.2) is 59.6 Å². The second kappa shape index (κ2) is 10.1. The summed E-state index contributed by atoms with van der Waals surface area (Å²) >= 11 is 0. The van der Waals surface area contributed by atoms with E-state index in [0.29, 0.717) is 11.5 Å². The standard InChI is InChI=1S/C24H28N4O5S/c1-15(2)28-22(13-14-25-28)26-23(29)18(5)33-24(30)19-9-11-20(12-10-19)34(31,32)27-21-8-6-7-16(3)17(21)4/h6-15,18,27H,1-5H3,(H,26,29). The number of hydrogen-bond acceptors (Lipinski definition) is 6. The normalized spacial score (nSPS) is 12.3. The van der Waals surface area contributed by atoms with E-state index in [4.69, 9.17) is 4.74 Å². The Bertz CT molecular complexity index is 1300. The third-order valence-corrected chi connectivity index (χ3v) is 6.69. The molecular formula is C24H28N4O5S. The summed E-state index contributed by atoms with van der Waals surface area (Å²) in [5.74, 6) is -0.757. The topological polar surface area (TPSA) is 119 Å². The van der Waals surface area contributed by atoms with Crippen molar-refractivity contribution in [1.82, 2.24) is 9.78 Å². The third-order valence-electron chi connectivity index (χ3n) is 5.31. The molecule has 0 aliphatic rings. The number of aromatic nitrogens is 2. The van der Waals surface area contributed by atoms with Crippen LogP contribution in [0.4, 0.5) is 11.5 Å². The summed E-state index contributed by atoms with van der Waals surface area (Å²) < 4.78 is 35.0. The molecule has 1 heterocycles. The number of esters is 1. The van der Waals surface area contributed by atoms with Crippen LogP contribution in [0.3, 0.4) is 0 Å². The smallest absolute Gasteiger partial charge is 0.338 e. The highest BCUT2D eigenvalue weighted by Crippen LogP contribution is 2.22. The Morgan fingerprint density at radius 3 is 2.32 bits per heavy atom. The fourth-order valence-electron chi connectivity index (χ4n) is 3.17. The monoisotopic (exact) mass is 484 g/mol. The van der Waals surface area contributed by atoms with Crippen molar-refractivity contribution in [2.24, 2.45) is 0 Å². The molecule has 3 rings (SSSR count). The Morgan fingerprint density at radius 1 is 1.00 bits per heavy atom. The highest BCUT2D eigenvalue weighted by atomic mass is 32.2. The lowest BCUT2D eigenvalue weighted by Crippen LogP contribution is -2.31. The van der Waals surface area contributed by atoms with Crippen LogP contribution in [0.2, 0.25) is 0 Å². The van der Waals surface area contributed by atoms with Gasteiger partial charge in [-0.15, -0.1) is 0 Å². The molecule has 0 bridgehead atoms. The molecule has 1 unspecified atom stereocenters. The quantitative estimate of drug-likeness (QED) is 0.465. The van der Waals surface area contributed by atoms with Crippen LogP contribution < -0.4 is 10.0 Å². The predicted octanol–water partition coefficient (Wildman–Crippen LogP) is 4.07. The van der Waals surface area contributed by atoms with Crippen molar-refractivity contribution in [3.05, 3.63) is 71.4 Å². The van der Waals surface area contributed by atoms with Crippen molar-refractivity contribution in [2.75, 3.05) is 10.0 Å². The maximum atomic E-state index is 12.8. The lowest BCUT2D eigenvalue weighted by Gasteiger charge is -2.16. The molecule has 10 heteroatoms. The number of hydrogen-bond donors (Lipinski definition) is 2. The van der Waals surface area contributed by atoms with Gasteiger partial charge in [-0.2, -0.15) is 5.10 Å². The van der Waals surface area contributed by atoms with Gasteiger partial charge in [-0.05, 0) is 76.1 Å². The number of benzene rings is 2. The zero-order valence-corrected chi connectivity index (χ0v) is 20.5. The third kappa shape index (κ3) is 5.63. The summed E-state index contributed by atoms with van der Waals surface area (Å²) in [5.41, 5.74) is 2.40. The summed E-state index contributed by atoms with van der Waals surface area (Å²) in [4.78, 5) is 24.9. The Hall–Kier alpha value is -3.66. The first-order chi connectivity index (χ1) is 16.0. The van der Waals surface area contributed by atoms with Gasteiger partial charge in [0.1, 0.15) is 5.82 Å². The number of carbonyl (C=O) groups is 2. The molecule has 2 N–H and O–H groups in total. The number of aryl methyl sites for hydroxylation is 1. The molecule has 0 spiro atoms. The molecule has 2 aromatic carbocycles. The average Bonchev–Trinajstić information content (AvgIpc) is 3.25. The minimum absolute atomic E-state index is 0.00213. The molecule has 0 aliphatic carbocycles. The van der Waals surface area contributed by atoms with E-state index >= 15 is 0 Å². The minimum atomic E-state index is -3.85. The molecule has 0 saturated heterocycles. The van der Waals surface area contributed by atoms with Crippen LogP contribution in [-0.4, -0.2) is 36.2 Å². The van der Waals surface area contributed by atoms with Crippen LogP contribution in [0.1, 0.15) is 48.3 Å². The fraction of sp³-hybridized carbons (Fsp3) is 0.292. The average molecular weight is 485 g/mol. The molecule has 1 amide bonds. The minimum Gasteiger partial charge on any atom is -0.449 e. The van der Waals surface area contributed by atoms with E-state index in [0.717, 1.165) is 11.1 Å². The molecule has 0 fully saturated rings. The van der Waals surface area contributed by atoms with Gasteiger partial charge in [0.25, 0.3) is 15.9 Å². The van der Waals surface area contributed by atoms with Gasteiger partial charge in [0.05, 0.1) is 22.3 Å². The van der Waals surface area contributed by atoms with Crippen molar-refractivity contribution < 1.29 is 22.7 Å². The summed E-state index contributed by atoms with van der Waals surface area (Å²) in [6.07, 6.45) is 0.495. The molecule has 1 aromatic heterocycles. The number of anilines is 2. The van der Waals surface area contributed by atoms with Gasteiger partial charge in [0.15, 0.2) is 6.10 Å². The number of nitrogens with zero attached hydrogens (tertiary/aromatic N) is 2. The second-order valence-electron chi connectivity index (χ2n) is 8.17. The summed E-state index contributed by atoms with van der Waals surface area (Å²) in [6.45, 7) is 9.03. The Morgan fingerprint density at radius 2 is 1.68 bits per heavy atom. The lowest BCUT2D eigenvalue weighted by molar-refractivity contribution is -0.123. The van der Waals surface area contributed by atoms with Crippen LogP contribution in [0.5, 0.6) is 0 Å². The molecule has 180 valence electrons. The number of amides is 1. The summed E-state index contributed by atoms with van der Waals surface area (Å²) in [6, 6.07) is 12.4. The van der Waals surface area contributed by atoms with Gasteiger partial charge < -0.3 is 10.1 Å². The molecule has 3 aromatic rings. The van der Waals surface area contributed by atoms with Gasteiger partial charge in [-0.25, -0.2) is 17.9 Å². The Balaban J connectivity index is 1.65. The van der Waals surface area contributed by atoms with Gasteiger partial charge in [-0.1, -0.05) is 12.1 Å². The van der Waals surface area contributed by atoms with Crippen LogP contribution in [0.25, 0.3) is 0 Å². The lowest BCUT2D eigenvalue weighted by atomic mass is 10.1. The summed E-state index contributed by atoms with van der Waals surface area (Å²) in [5, 5.41) is 6.83. The van der Waals surface area contributed by atoms with E-state index < -0.39 is 28.0 Å². The molecular weight excluding hydrogens is 456 g/mol. The fourth-order valence-corrected chi connectivity index (χ4v) is 4.29. The van der Waals surface area contributed by atoms with Crippen LogP contribution in [0, 0.1) is 13.8 Å². The first kappa shape index (κ1) is 25.0.